The molecular weight excluding hydrogens is 447 g/mol. The van der Waals surface area contributed by atoms with Crippen molar-refractivity contribution < 1.29 is 23.5 Å². The summed E-state index contributed by atoms with van der Waals surface area (Å²) in [4.78, 5) is 32.7. The van der Waals surface area contributed by atoms with Crippen molar-refractivity contribution in [3.8, 4) is 5.75 Å². The van der Waals surface area contributed by atoms with Crippen LogP contribution in [0.4, 0.5) is 15.8 Å². The Hall–Kier alpha value is -3.11. The van der Waals surface area contributed by atoms with Crippen molar-refractivity contribution in [3.63, 3.8) is 0 Å². The normalized spacial score (nSPS) is 19.3. The fraction of sp³-hybridized carbons (Fsp3) is 0.348. The number of methoxy groups -OCH3 is 2. The molecule has 33 heavy (non-hydrogen) atoms. The van der Waals surface area contributed by atoms with Gasteiger partial charge in [0.25, 0.3) is 11.8 Å². The number of nitrogens with zero attached hydrogens (tertiary/aromatic N) is 2. The SMILES string of the molecule is COCC1CC(C)N1C1=Nc2ccc(OC)c(C(=O)Nc3cc(F)ccc3C(N)=O)c2SC1. The molecule has 2 aliphatic rings. The van der Waals surface area contributed by atoms with Crippen LogP contribution in [-0.4, -0.2) is 61.2 Å². The number of anilines is 1. The minimum absolute atomic E-state index is 0.00559. The van der Waals surface area contributed by atoms with Gasteiger partial charge in [-0.05, 0) is 43.7 Å². The molecule has 1 saturated heterocycles. The van der Waals surface area contributed by atoms with E-state index >= 15 is 0 Å². The summed E-state index contributed by atoms with van der Waals surface area (Å²) in [5.74, 6) is -0.0506. The first-order chi connectivity index (χ1) is 15.8. The molecule has 4 rings (SSSR count). The Balaban J connectivity index is 1.69. The highest BCUT2D eigenvalue weighted by Crippen LogP contribution is 2.43. The van der Waals surface area contributed by atoms with Gasteiger partial charge in [-0.25, -0.2) is 9.38 Å². The molecule has 2 aromatic rings. The first-order valence-electron chi connectivity index (χ1n) is 10.4. The van der Waals surface area contributed by atoms with E-state index in [9.17, 15) is 14.0 Å². The van der Waals surface area contributed by atoms with Crippen LogP contribution < -0.4 is 15.8 Å². The summed E-state index contributed by atoms with van der Waals surface area (Å²) in [5, 5.41) is 2.61. The van der Waals surface area contributed by atoms with Gasteiger partial charge in [-0.15, -0.1) is 11.8 Å². The number of hydrogen-bond acceptors (Lipinski definition) is 7. The number of carbonyl (C=O) groups excluding carboxylic acids is 2. The largest absolute Gasteiger partial charge is 0.496 e. The van der Waals surface area contributed by atoms with Gasteiger partial charge >= 0.3 is 0 Å². The van der Waals surface area contributed by atoms with Gasteiger partial charge in [-0.2, -0.15) is 0 Å². The van der Waals surface area contributed by atoms with Gasteiger partial charge in [0, 0.05) is 13.2 Å². The lowest BCUT2D eigenvalue weighted by Gasteiger charge is -2.49. The summed E-state index contributed by atoms with van der Waals surface area (Å²) >= 11 is 1.49. The lowest BCUT2D eigenvalue weighted by Crippen LogP contribution is -2.59. The van der Waals surface area contributed by atoms with Crippen molar-refractivity contribution in [2.45, 2.75) is 30.3 Å². The maximum atomic E-state index is 13.8. The lowest BCUT2D eigenvalue weighted by molar-refractivity contribution is 0.0346. The van der Waals surface area contributed by atoms with Crippen LogP contribution in [-0.2, 0) is 4.74 Å². The number of hydrogen-bond donors (Lipinski definition) is 2. The number of benzene rings is 2. The molecule has 0 bridgehead atoms. The Labute approximate surface area is 195 Å². The Morgan fingerprint density at radius 3 is 2.76 bits per heavy atom. The highest BCUT2D eigenvalue weighted by Gasteiger charge is 2.38. The van der Waals surface area contributed by atoms with Crippen molar-refractivity contribution in [1.82, 2.24) is 4.90 Å². The third kappa shape index (κ3) is 4.40. The van der Waals surface area contributed by atoms with Crippen LogP contribution >= 0.6 is 11.8 Å². The molecule has 0 radical (unpaired) electrons. The molecule has 0 aliphatic carbocycles. The number of rotatable bonds is 6. The summed E-state index contributed by atoms with van der Waals surface area (Å²) < 4.78 is 24.5. The maximum absolute atomic E-state index is 13.8. The van der Waals surface area contributed by atoms with E-state index in [2.05, 4.69) is 17.1 Å². The molecule has 2 atom stereocenters. The van der Waals surface area contributed by atoms with Crippen LogP contribution in [0.3, 0.4) is 0 Å². The van der Waals surface area contributed by atoms with Crippen molar-refractivity contribution in [3.05, 3.63) is 47.3 Å². The number of nitrogens with one attached hydrogen (secondary N) is 1. The first-order valence-corrected chi connectivity index (χ1v) is 11.4. The van der Waals surface area contributed by atoms with E-state index < -0.39 is 17.6 Å². The molecule has 0 spiro atoms. The van der Waals surface area contributed by atoms with Gasteiger partial charge in [0.2, 0.25) is 0 Å². The van der Waals surface area contributed by atoms with E-state index in [1.54, 1.807) is 13.2 Å². The highest BCUT2D eigenvalue weighted by atomic mass is 32.2. The smallest absolute Gasteiger partial charge is 0.260 e. The average Bonchev–Trinajstić information content (AvgIpc) is 2.77. The maximum Gasteiger partial charge on any atom is 0.260 e. The summed E-state index contributed by atoms with van der Waals surface area (Å²) in [6.07, 6.45) is 1.04. The molecule has 2 aromatic carbocycles. The van der Waals surface area contributed by atoms with Crippen molar-refractivity contribution >= 4 is 40.8 Å². The van der Waals surface area contributed by atoms with E-state index in [0.29, 0.717) is 34.7 Å². The van der Waals surface area contributed by atoms with Gasteiger partial charge in [0.05, 0.1) is 52.9 Å². The fourth-order valence-electron chi connectivity index (χ4n) is 4.28. The molecule has 1 fully saturated rings. The summed E-state index contributed by atoms with van der Waals surface area (Å²) in [6.45, 7) is 2.78. The molecule has 2 aliphatic heterocycles. The van der Waals surface area contributed by atoms with Crippen molar-refractivity contribution in [2.24, 2.45) is 10.7 Å². The second-order valence-corrected chi connectivity index (χ2v) is 8.90. The number of nitrogens with two attached hydrogens (primary N) is 1. The van der Waals surface area contributed by atoms with Crippen LogP contribution in [0.1, 0.15) is 34.1 Å². The molecular formula is C23H25FN4O4S. The van der Waals surface area contributed by atoms with E-state index in [1.165, 1.54) is 24.9 Å². The number of primary amides is 1. The lowest BCUT2D eigenvalue weighted by atomic mass is 9.94. The van der Waals surface area contributed by atoms with E-state index in [1.807, 2.05) is 6.07 Å². The minimum atomic E-state index is -0.773. The Morgan fingerprint density at radius 1 is 1.30 bits per heavy atom. The van der Waals surface area contributed by atoms with Crippen molar-refractivity contribution in [2.75, 3.05) is 31.9 Å². The highest BCUT2D eigenvalue weighted by molar-refractivity contribution is 8.00. The molecule has 0 saturated carbocycles. The van der Waals surface area contributed by atoms with Crippen LogP contribution in [0.15, 0.2) is 40.2 Å². The standard InChI is InChI=1S/C23H25FN4O4S/c1-12-8-14(10-31-2)28(12)19-11-33-21-16(26-19)6-7-18(32-3)20(21)23(30)27-17-9-13(24)4-5-15(17)22(25)29/h4-7,9,12,14H,8,10-11H2,1-3H3,(H2,25,29)(H,27,30). The minimum Gasteiger partial charge on any atom is -0.496 e. The molecule has 174 valence electrons. The fourth-order valence-corrected chi connectivity index (χ4v) is 5.37. The quantitative estimate of drug-likeness (QED) is 0.667. The molecule has 3 N–H and O–H groups in total. The number of ether oxygens (including phenoxy) is 2. The molecule has 2 heterocycles. The summed E-state index contributed by atoms with van der Waals surface area (Å²) in [5.41, 5.74) is 6.31. The second-order valence-electron chi connectivity index (χ2n) is 7.92. The van der Waals surface area contributed by atoms with E-state index in [-0.39, 0.29) is 22.9 Å². The van der Waals surface area contributed by atoms with Gasteiger partial charge in [-0.1, -0.05) is 0 Å². The Morgan fingerprint density at radius 2 is 2.09 bits per heavy atom. The zero-order valence-electron chi connectivity index (χ0n) is 18.6. The third-order valence-electron chi connectivity index (χ3n) is 5.77. The Kier molecular flexibility index (Phi) is 6.57. The van der Waals surface area contributed by atoms with Crippen molar-refractivity contribution in [1.29, 1.82) is 0 Å². The number of fused-ring (bicyclic) bond motifs is 1. The number of halogens is 1. The van der Waals surface area contributed by atoms with Crippen LogP contribution in [0.25, 0.3) is 0 Å². The van der Waals surface area contributed by atoms with Crippen LogP contribution in [0.2, 0.25) is 0 Å². The van der Waals surface area contributed by atoms with E-state index in [0.717, 1.165) is 24.4 Å². The van der Waals surface area contributed by atoms with Gasteiger partial charge < -0.3 is 25.4 Å². The number of amidine groups is 1. The van der Waals surface area contributed by atoms with E-state index in [4.69, 9.17) is 20.2 Å². The zero-order chi connectivity index (χ0) is 23.7. The predicted molar refractivity (Wildman–Crippen MR) is 125 cm³/mol. The Bertz CT molecular complexity index is 1140. The molecule has 8 nitrogen and oxygen atoms in total. The number of likely N-dealkylation sites (tertiary alicyclic amines) is 1. The zero-order valence-corrected chi connectivity index (χ0v) is 19.4. The summed E-state index contributed by atoms with van der Waals surface area (Å²) in [6, 6.07) is 7.54. The predicted octanol–water partition coefficient (Wildman–Crippen LogP) is 3.43. The van der Waals surface area contributed by atoms with Crippen LogP contribution in [0.5, 0.6) is 5.75 Å². The molecule has 0 aromatic heterocycles. The summed E-state index contributed by atoms with van der Waals surface area (Å²) in [7, 11) is 3.15. The number of aliphatic imine (C=N–C) groups is 1. The van der Waals surface area contributed by atoms with Gasteiger partial charge in [-0.3, -0.25) is 9.59 Å². The monoisotopic (exact) mass is 472 g/mol. The van der Waals surface area contributed by atoms with Gasteiger partial charge in [0.15, 0.2) is 0 Å². The number of amides is 2. The first kappa shape index (κ1) is 23.1. The van der Waals surface area contributed by atoms with Gasteiger partial charge in [0.1, 0.15) is 17.4 Å². The number of carbonyl (C=O) groups is 2. The number of thioether (sulfide) groups is 1. The molecule has 2 unspecified atom stereocenters. The molecule has 10 heteroatoms. The third-order valence-corrected chi connectivity index (χ3v) is 6.88. The van der Waals surface area contributed by atoms with Crippen LogP contribution in [0, 0.1) is 5.82 Å². The average molecular weight is 473 g/mol. The molecule has 2 amide bonds. The second kappa shape index (κ2) is 9.40. The topological polar surface area (TPSA) is 106 Å².